The monoisotopic (exact) mass is 283 g/mol. The Balaban J connectivity index is 3.04. The SMILES string of the molecule is Cc1cn(CC(=O)O)c(NC(=O)OC(C)(C)C)nc1=O. The van der Waals surface area contributed by atoms with Crippen LogP contribution in [0, 0.1) is 6.92 Å². The minimum absolute atomic E-state index is 0.169. The van der Waals surface area contributed by atoms with Crippen molar-refractivity contribution in [3.8, 4) is 0 Å². The summed E-state index contributed by atoms with van der Waals surface area (Å²) in [5.41, 5.74) is -0.981. The summed E-state index contributed by atoms with van der Waals surface area (Å²) < 4.78 is 6.17. The van der Waals surface area contributed by atoms with Gasteiger partial charge in [0.05, 0.1) is 0 Å². The van der Waals surface area contributed by atoms with Crippen LogP contribution in [-0.4, -0.2) is 32.3 Å². The lowest BCUT2D eigenvalue weighted by Crippen LogP contribution is -2.30. The van der Waals surface area contributed by atoms with Gasteiger partial charge in [0.1, 0.15) is 12.1 Å². The van der Waals surface area contributed by atoms with Gasteiger partial charge in [-0.15, -0.1) is 0 Å². The third-order valence-electron chi connectivity index (χ3n) is 2.08. The molecule has 0 fully saturated rings. The number of carbonyl (C=O) groups excluding carboxylic acids is 1. The summed E-state index contributed by atoms with van der Waals surface area (Å²) in [6.07, 6.45) is 0.503. The maximum Gasteiger partial charge on any atom is 0.414 e. The number of amides is 1. The smallest absolute Gasteiger partial charge is 0.414 e. The van der Waals surface area contributed by atoms with Gasteiger partial charge in [0.15, 0.2) is 0 Å². The van der Waals surface area contributed by atoms with Crippen molar-refractivity contribution in [2.45, 2.75) is 39.8 Å². The van der Waals surface area contributed by atoms with E-state index in [2.05, 4.69) is 10.3 Å². The van der Waals surface area contributed by atoms with Crippen molar-refractivity contribution < 1.29 is 19.4 Å². The largest absolute Gasteiger partial charge is 0.480 e. The van der Waals surface area contributed by atoms with Gasteiger partial charge in [-0.25, -0.2) is 4.79 Å². The topological polar surface area (TPSA) is 111 Å². The number of rotatable bonds is 3. The van der Waals surface area contributed by atoms with Crippen LogP contribution in [0.25, 0.3) is 0 Å². The fraction of sp³-hybridized carbons (Fsp3) is 0.500. The first-order valence-electron chi connectivity index (χ1n) is 5.88. The molecule has 1 aromatic rings. The number of aryl methyl sites for hydroxylation is 1. The molecular weight excluding hydrogens is 266 g/mol. The number of carbonyl (C=O) groups is 2. The van der Waals surface area contributed by atoms with Crippen LogP contribution in [0.1, 0.15) is 26.3 Å². The minimum Gasteiger partial charge on any atom is -0.480 e. The highest BCUT2D eigenvalue weighted by atomic mass is 16.6. The molecule has 0 unspecified atom stereocenters. The molecule has 0 aliphatic heterocycles. The molecule has 1 aromatic heterocycles. The molecule has 20 heavy (non-hydrogen) atoms. The normalized spacial score (nSPS) is 11.0. The average Bonchev–Trinajstić information content (AvgIpc) is 2.21. The van der Waals surface area contributed by atoms with E-state index in [1.54, 1.807) is 20.8 Å². The van der Waals surface area contributed by atoms with Gasteiger partial charge >= 0.3 is 12.1 Å². The number of carboxylic acids is 1. The fourth-order valence-electron chi connectivity index (χ4n) is 1.36. The molecule has 8 heteroatoms. The van der Waals surface area contributed by atoms with Gasteiger partial charge in [0, 0.05) is 11.8 Å². The Morgan fingerprint density at radius 1 is 1.45 bits per heavy atom. The number of hydrogen-bond acceptors (Lipinski definition) is 5. The molecule has 1 rings (SSSR count). The van der Waals surface area contributed by atoms with Crippen molar-refractivity contribution in [2.24, 2.45) is 0 Å². The molecule has 0 saturated heterocycles. The van der Waals surface area contributed by atoms with E-state index in [1.807, 2.05) is 0 Å². The zero-order valence-electron chi connectivity index (χ0n) is 11.8. The van der Waals surface area contributed by atoms with E-state index in [4.69, 9.17) is 9.84 Å². The van der Waals surface area contributed by atoms with Crippen molar-refractivity contribution in [1.82, 2.24) is 9.55 Å². The molecule has 0 radical (unpaired) electrons. The van der Waals surface area contributed by atoms with Gasteiger partial charge in [0.25, 0.3) is 5.56 Å². The molecule has 0 aliphatic rings. The first-order valence-corrected chi connectivity index (χ1v) is 5.88. The van der Waals surface area contributed by atoms with Crippen molar-refractivity contribution in [1.29, 1.82) is 0 Å². The molecule has 2 N–H and O–H groups in total. The average molecular weight is 283 g/mol. The molecular formula is C12H17N3O5. The summed E-state index contributed by atoms with van der Waals surface area (Å²) >= 11 is 0. The Kier molecular flexibility index (Phi) is 4.49. The summed E-state index contributed by atoms with van der Waals surface area (Å²) in [7, 11) is 0. The molecule has 1 heterocycles. The molecule has 0 spiro atoms. The predicted octanol–water partition coefficient (Wildman–Crippen LogP) is 0.983. The molecule has 0 bridgehead atoms. The third-order valence-corrected chi connectivity index (χ3v) is 2.08. The van der Waals surface area contributed by atoms with Crippen molar-refractivity contribution in [3.63, 3.8) is 0 Å². The van der Waals surface area contributed by atoms with Crippen molar-refractivity contribution >= 4 is 18.0 Å². The number of ether oxygens (including phenoxy) is 1. The highest BCUT2D eigenvalue weighted by Crippen LogP contribution is 2.10. The van der Waals surface area contributed by atoms with Crippen molar-refractivity contribution in [3.05, 3.63) is 22.1 Å². The van der Waals surface area contributed by atoms with E-state index in [0.29, 0.717) is 0 Å². The number of anilines is 1. The molecule has 110 valence electrons. The molecule has 8 nitrogen and oxygen atoms in total. The van der Waals surface area contributed by atoms with E-state index in [-0.39, 0.29) is 11.5 Å². The van der Waals surface area contributed by atoms with Crippen LogP contribution in [0.3, 0.4) is 0 Å². The first-order chi connectivity index (χ1) is 9.08. The highest BCUT2D eigenvalue weighted by molar-refractivity contribution is 5.83. The Morgan fingerprint density at radius 3 is 2.55 bits per heavy atom. The number of aromatic nitrogens is 2. The van der Waals surface area contributed by atoms with Crippen LogP contribution >= 0.6 is 0 Å². The van der Waals surface area contributed by atoms with Gasteiger partial charge in [-0.2, -0.15) is 4.98 Å². The van der Waals surface area contributed by atoms with E-state index >= 15 is 0 Å². The van der Waals surface area contributed by atoms with Gasteiger partial charge in [-0.3, -0.25) is 14.9 Å². The zero-order chi connectivity index (χ0) is 15.5. The number of carboxylic acid groups (broad SMARTS) is 1. The van der Waals surface area contributed by atoms with Crippen LogP contribution in [0.5, 0.6) is 0 Å². The molecule has 0 aromatic carbocycles. The first kappa shape index (κ1) is 15.7. The van der Waals surface area contributed by atoms with E-state index in [1.165, 1.54) is 13.1 Å². The molecule has 1 amide bonds. The lowest BCUT2D eigenvalue weighted by Gasteiger charge is -2.20. The Hall–Kier alpha value is -2.38. The number of hydrogen-bond donors (Lipinski definition) is 2. The summed E-state index contributed by atoms with van der Waals surface area (Å²) in [4.78, 5) is 37.5. The molecule has 0 saturated carbocycles. The Morgan fingerprint density at radius 2 is 2.05 bits per heavy atom. The van der Waals surface area contributed by atoms with Gasteiger partial charge in [-0.05, 0) is 27.7 Å². The second kappa shape index (κ2) is 5.72. The number of nitrogens with zero attached hydrogens (tertiary/aromatic N) is 2. The van der Waals surface area contributed by atoms with E-state index in [9.17, 15) is 14.4 Å². The predicted molar refractivity (Wildman–Crippen MR) is 70.7 cm³/mol. The Labute approximate surface area is 115 Å². The zero-order valence-corrected chi connectivity index (χ0v) is 11.8. The molecule has 0 aliphatic carbocycles. The van der Waals surface area contributed by atoms with Crippen LogP contribution in [-0.2, 0) is 16.1 Å². The quantitative estimate of drug-likeness (QED) is 0.855. The summed E-state index contributed by atoms with van der Waals surface area (Å²) in [5.74, 6) is -1.29. The van der Waals surface area contributed by atoms with Crippen molar-refractivity contribution in [2.75, 3.05) is 5.32 Å². The lowest BCUT2D eigenvalue weighted by molar-refractivity contribution is -0.137. The standard InChI is InChI=1S/C12H17N3O5/c1-7-5-15(6-8(16)17)10(13-9(7)18)14-11(19)20-12(2,3)4/h5H,6H2,1-4H3,(H,16,17)(H,13,14,18,19). The summed E-state index contributed by atoms with van der Waals surface area (Å²) in [5, 5.41) is 11.1. The maximum absolute atomic E-state index is 11.6. The third kappa shape index (κ3) is 4.71. The fourth-order valence-corrected chi connectivity index (χ4v) is 1.36. The van der Waals surface area contributed by atoms with E-state index in [0.717, 1.165) is 4.57 Å². The van der Waals surface area contributed by atoms with Gasteiger partial charge < -0.3 is 14.4 Å². The number of nitrogens with one attached hydrogen (secondary N) is 1. The summed E-state index contributed by atoms with van der Waals surface area (Å²) in [6.45, 7) is 6.11. The highest BCUT2D eigenvalue weighted by Gasteiger charge is 2.18. The second-order valence-corrected chi connectivity index (χ2v) is 5.20. The number of aliphatic carboxylic acids is 1. The van der Waals surface area contributed by atoms with Crippen LogP contribution in [0.2, 0.25) is 0 Å². The van der Waals surface area contributed by atoms with Crippen LogP contribution in [0.4, 0.5) is 10.7 Å². The minimum atomic E-state index is -1.12. The lowest BCUT2D eigenvalue weighted by atomic mass is 10.2. The molecule has 0 atom stereocenters. The van der Waals surface area contributed by atoms with Gasteiger partial charge in [-0.1, -0.05) is 0 Å². The Bertz CT molecular complexity index is 586. The second-order valence-electron chi connectivity index (χ2n) is 5.20. The van der Waals surface area contributed by atoms with E-state index < -0.39 is 29.8 Å². The maximum atomic E-state index is 11.6. The van der Waals surface area contributed by atoms with Crippen LogP contribution < -0.4 is 10.9 Å². The summed E-state index contributed by atoms with van der Waals surface area (Å²) in [6, 6.07) is 0. The van der Waals surface area contributed by atoms with Gasteiger partial charge in [0.2, 0.25) is 5.95 Å². The van der Waals surface area contributed by atoms with Crippen LogP contribution in [0.15, 0.2) is 11.0 Å².